The van der Waals surface area contributed by atoms with Gasteiger partial charge in [-0.2, -0.15) is 0 Å². The second-order valence-corrected chi connectivity index (χ2v) is 5.38. The van der Waals surface area contributed by atoms with Crippen molar-refractivity contribution >= 4 is 5.91 Å². The van der Waals surface area contributed by atoms with Crippen LogP contribution in [0.3, 0.4) is 0 Å². The maximum atomic E-state index is 12.3. The van der Waals surface area contributed by atoms with Gasteiger partial charge in [-0.3, -0.25) is 4.79 Å². The van der Waals surface area contributed by atoms with Gasteiger partial charge in [-0.05, 0) is 25.7 Å². The standard InChI is InChI=1S/C13H24N2O2/c1-15(12-7-3-2-6-11(12)14)13(16)10-5-4-8-17-9-10/h10-12H,2-9,14H2,1H3. The number of nitrogens with two attached hydrogens (primary N) is 1. The predicted octanol–water partition coefficient (Wildman–Crippen LogP) is 1.14. The Morgan fingerprint density at radius 1 is 1.24 bits per heavy atom. The van der Waals surface area contributed by atoms with Crippen LogP contribution in [0.1, 0.15) is 38.5 Å². The third-order valence-electron chi connectivity index (χ3n) is 4.14. The molecule has 2 N–H and O–H groups in total. The zero-order chi connectivity index (χ0) is 12.3. The highest BCUT2D eigenvalue weighted by atomic mass is 16.5. The molecule has 0 radical (unpaired) electrons. The quantitative estimate of drug-likeness (QED) is 0.787. The lowest BCUT2D eigenvalue weighted by atomic mass is 9.89. The number of ether oxygens (including phenoxy) is 1. The van der Waals surface area contributed by atoms with Gasteiger partial charge in [0.1, 0.15) is 0 Å². The first-order valence-corrected chi connectivity index (χ1v) is 6.80. The molecule has 0 aromatic rings. The number of hydrogen-bond acceptors (Lipinski definition) is 3. The fourth-order valence-electron chi connectivity index (χ4n) is 3.01. The third kappa shape index (κ3) is 2.99. The summed E-state index contributed by atoms with van der Waals surface area (Å²) in [5.74, 6) is 0.287. The van der Waals surface area contributed by atoms with E-state index >= 15 is 0 Å². The van der Waals surface area contributed by atoms with Gasteiger partial charge in [-0.15, -0.1) is 0 Å². The van der Waals surface area contributed by atoms with Crippen molar-refractivity contribution in [3.8, 4) is 0 Å². The number of carbonyl (C=O) groups excluding carboxylic acids is 1. The largest absolute Gasteiger partial charge is 0.381 e. The average molecular weight is 240 g/mol. The zero-order valence-corrected chi connectivity index (χ0v) is 10.7. The van der Waals surface area contributed by atoms with E-state index in [2.05, 4.69) is 0 Å². The summed E-state index contributed by atoms with van der Waals surface area (Å²) in [5.41, 5.74) is 6.12. The second-order valence-electron chi connectivity index (χ2n) is 5.38. The highest BCUT2D eigenvalue weighted by molar-refractivity contribution is 5.79. The summed E-state index contributed by atoms with van der Waals surface area (Å²) < 4.78 is 5.39. The first-order valence-electron chi connectivity index (χ1n) is 6.80. The van der Waals surface area contributed by atoms with Crippen molar-refractivity contribution in [1.82, 2.24) is 4.90 Å². The van der Waals surface area contributed by atoms with Gasteiger partial charge in [0.2, 0.25) is 5.91 Å². The first kappa shape index (κ1) is 12.8. The molecule has 17 heavy (non-hydrogen) atoms. The van der Waals surface area contributed by atoms with Crippen LogP contribution in [0, 0.1) is 5.92 Å². The molecular weight excluding hydrogens is 216 g/mol. The van der Waals surface area contributed by atoms with Crippen molar-refractivity contribution in [3.05, 3.63) is 0 Å². The van der Waals surface area contributed by atoms with Gasteiger partial charge in [0.05, 0.1) is 12.5 Å². The minimum atomic E-state index is 0.0582. The summed E-state index contributed by atoms with van der Waals surface area (Å²) >= 11 is 0. The van der Waals surface area contributed by atoms with E-state index in [4.69, 9.17) is 10.5 Å². The van der Waals surface area contributed by atoms with Crippen LogP contribution in [-0.2, 0) is 9.53 Å². The van der Waals surface area contributed by atoms with E-state index in [1.807, 2.05) is 11.9 Å². The normalized spacial score (nSPS) is 34.4. The Bertz CT molecular complexity index is 264. The minimum Gasteiger partial charge on any atom is -0.381 e. The van der Waals surface area contributed by atoms with E-state index in [-0.39, 0.29) is 23.9 Å². The molecule has 98 valence electrons. The van der Waals surface area contributed by atoms with E-state index in [0.29, 0.717) is 6.61 Å². The van der Waals surface area contributed by atoms with Crippen LogP contribution in [0.2, 0.25) is 0 Å². The minimum absolute atomic E-state index is 0.0582. The molecule has 1 aliphatic carbocycles. The molecular formula is C13H24N2O2. The molecule has 3 unspecified atom stereocenters. The maximum absolute atomic E-state index is 12.3. The van der Waals surface area contributed by atoms with Crippen molar-refractivity contribution in [2.45, 2.75) is 50.6 Å². The molecule has 0 bridgehead atoms. The number of rotatable bonds is 2. The summed E-state index contributed by atoms with van der Waals surface area (Å²) in [5, 5.41) is 0. The molecule has 0 aromatic carbocycles. The lowest BCUT2D eigenvalue weighted by molar-refractivity contribution is -0.141. The second kappa shape index (κ2) is 5.83. The molecule has 2 fully saturated rings. The van der Waals surface area contributed by atoms with Crippen molar-refractivity contribution in [2.24, 2.45) is 11.7 Å². The molecule has 2 aliphatic rings. The van der Waals surface area contributed by atoms with Crippen LogP contribution in [0.25, 0.3) is 0 Å². The SMILES string of the molecule is CN(C(=O)C1CCCOC1)C1CCCCC1N. The smallest absolute Gasteiger partial charge is 0.228 e. The van der Waals surface area contributed by atoms with Gasteiger partial charge in [-0.25, -0.2) is 0 Å². The Morgan fingerprint density at radius 2 is 2.00 bits per heavy atom. The van der Waals surface area contributed by atoms with E-state index in [1.54, 1.807) is 0 Å². The van der Waals surface area contributed by atoms with Crippen LogP contribution in [0.15, 0.2) is 0 Å². The van der Waals surface area contributed by atoms with Crippen LogP contribution in [0.5, 0.6) is 0 Å². The van der Waals surface area contributed by atoms with Crippen molar-refractivity contribution in [2.75, 3.05) is 20.3 Å². The molecule has 2 rings (SSSR count). The Hall–Kier alpha value is -0.610. The Kier molecular flexibility index (Phi) is 4.40. The van der Waals surface area contributed by atoms with Gasteiger partial charge in [0.15, 0.2) is 0 Å². The lowest BCUT2D eigenvalue weighted by Crippen LogP contribution is -2.52. The predicted molar refractivity (Wildman–Crippen MR) is 66.5 cm³/mol. The monoisotopic (exact) mass is 240 g/mol. The molecule has 1 aliphatic heterocycles. The van der Waals surface area contributed by atoms with Crippen molar-refractivity contribution in [1.29, 1.82) is 0 Å². The molecule has 4 heteroatoms. The average Bonchev–Trinajstić information content (AvgIpc) is 2.39. The zero-order valence-electron chi connectivity index (χ0n) is 10.7. The molecule has 1 amide bonds. The number of amides is 1. The number of likely N-dealkylation sites (N-methyl/N-ethyl adjacent to an activating group) is 1. The fourth-order valence-corrected chi connectivity index (χ4v) is 3.01. The summed E-state index contributed by atoms with van der Waals surface area (Å²) in [6, 6.07) is 0.389. The molecule has 0 spiro atoms. The summed E-state index contributed by atoms with van der Waals surface area (Å²) in [6.45, 7) is 1.39. The van der Waals surface area contributed by atoms with E-state index in [1.165, 1.54) is 12.8 Å². The van der Waals surface area contributed by atoms with E-state index < -0.39 is 0 Å². The van der Waals surface area contributed by atoms with Crippen molar-refractivity contribution in [3.63, 3.8) is 0 Å². The van der Waals surface area contributed by atoms with Crippen molar-refractivity contribution < 1.29 is 9.53 Å². The Morgan fingerprint density at radius 3 is 2.65 bits per heavy atom. The summed E-state index contributed by atoms with van der Waals surface area (Å²) in [6.07, 6.45) is 6.45. The molecule has 3 atom stereocenters. The van der Waals surface area contributed by atoms with Crippen LogP contribution in [0.4, 0.5) is 0 Å². The Labute approximate surface area is 103 Å². The topological polar surface area (TPSA) is 55.6 Å². The number of nitrogens with zero attached hydrogens (tertiary/aromatic N) is 1. The molecule has 1 saturated heterocycles. The maximum Gasteiger partial charge on any atom is 0.228 e. The van der Waals surface area contributed by atoms with Gasteiger partial charge in [-0.1, -0.05) is 12.8 Å². The van der Waals surface area contributed by atoms with Crippen LogP contribution >= 0.6 is 0 Å². The molecule has 4 nitrogen and oxygen atoms in total. The van der Waals surface area contributed by atoms with Gasteiger partial charge in [0, 0.05) is 25.7 Å². The van der Waals surface area contributed by atoms with Gasteiger partial charge >= 0.3 is 0 Å². The van der Waals surface area contributed by atoms with Crippen LogP contribution in [-0.4, -0.2) is 43.2 Å². The Balaban J connectivity index is 1.92. The third-order valence-corrected chi connectivity index (χ3v) is 4.14. The molecule has 1 heterocycles. The van der Waals surface area contributed by atoms with Gasteiger partial charge < -0.3 is 15.4 Å². The summed E-state index contributed by atoms with van der Waals surface area (Å²) in [7, 11) is 1.91. The highest BCUT2D eigenvalue weighted by Crippen LogP contribution is 2.24. The van der Waals surface area contributed by atoms with Gasteiger partial charge in [0.25, 0.3) is 0 Å². The highest BCUT2D eigenvalue weighted by Gasteiger charge is 2.32. The lowest BCUT2D eigenvalue weighted by Gasteiger charge is -2.38. The van der Waals surface area contributed by atoms with E-state index in [0.717, 1.165) is 32.3 Å². The van der Waals surface area contributed by atoms with E-state index in [9.17, 15) is 4.79 Å². The number of carbonyl (C=O) groups is 1. The molecule has 0 aromatic heterocycles. The van der Waals surface area contributed by atoms with Crippen LogP contribution < -0.4 is 5.73 Å². The number of hydrogen-bond donors (Lipinski definition) is 1. The summed E-state index contributed by atoms with van der Waals surface area (Å²) in [4.78, 5) is 14.2. The molecule has 1 saturated carbocycles. The fraction of sp³-hybridized carbons (Fsp3) is 0.923. The first-order chi connectivity index (χ1) is 8.20.